The van der Waals surface area contributed by atoms with Crippen molar-refractivity contribution in [3.63, 3.8) is 0 Å². The van der Waals surface area contributed by atoms with E-state index in [9.17, 15) is 0 Å². The molecule has 2 rings (SSSR count). The Morgan fingerprint density at radius 1 is 0.833 bits per heavy atom. The average Bonchev–Trinajstić information content (AvgIpc) is 2.60. The molecular formula is C20H27NO3. The van der Waals surface area contributed by atoms with Gasteiger partial charge in [-0.2, -0.15) is 0 Å². The Morgan fingerprint density at radius 3 is 2.17 bits per heavy atom. The van der Waals surface area contributed by atoms with E-state index in [1.54, 1.807) is 14.2 Å². The van der Waals surface area contributed by atoms with Crippen LogP contribution < -0.4 is 14.2 Å². The molecule has 0 atom stereocenters. The van der Waals surface area contributed by atoms with Crippen LogP contribution in [0.25, 0.3) is 0 Å². The number of rotatable bonds is 9. The first kappa shape index (κ1) is 18.1. The van der Waals surface area contributed by atoms with Crippen LogP contribution in [0, 0.1) is 0 Å². The molecule has 0 aromatic heterocycles. The lowest BCUT2D eigenvalue weighted by atomic mass is 10.1. The van der Waals surface area contributed by atoms with Crippen molar-refractivity contribution in [1.29, 1.82) is 0 Å². The molecule has 0 saturated heterocycles. The molecule has 2 aromatic carbocycles. The summed E-state index contributed by atoms with van der Waals surface area (Å²) in [5.74, 6) is 2.40. The van der Waals surface area contributed by atoms with Gasteiger partial charge in [-0.1, -0.05) is 18.2 Å². The van der Waals surface area contributed by atoms with Crippen molar-refractivity contribution in [3.8, 4) is 17.2 Å². The summed E-state index contributed by atoms with van der Waals surface area (Å²) in [6, 6.07) is 14.0. The molecule has 0 amide bonds. The van der Waals surface area contributed by atoms with E-state index in [4.69, 9.17) is 14.2 Å². The van der Waals surface area contributed by atoms with Gasteiger partial charge in [0, 0.05) is 0 Å². The molecule has 0 heterocycles. The Morgan fingerprint density at radius 2 is 1.54 bits per heavy atom. The molecule has 0 radical (unpaired) electrons. The first-order chi connectivity index (χ1) is 11.6. The molecule has 0 unspecified atom stereocenters. The Balaban J connectivity index is 1.96. The molecule has 0 saturated carbocycles. The number of hydrogen-bond donors (Lipinski definition) is 0. The third-order valence-corrected chi connectivity index (χ3v) is 3.85. The third-order valence-electron chi connectivity index (χ3n) is 3.85. The van der Waals surface area contributed by atoms with Crippen molar-refractivity contribution in [2.45, 2.75) is 19.4 Å². The van der Waals surface area contributed by atoms with Gasteiger partial charge in [0.15, 0.2) is 11.5 Å². The third kappa shape index (κ3) is 5.46. The van der Waals surface area contributed by atoms with E-state index in [1.165, 1.54) is 5.56 Å². The van der Waals surface area contributed by atoms with Crippen molar-refractivity contribution in [1.82, 2.24) is 4.90 Å². The van der Waals surface area contributed by atoms with Crippen molar-refractivity contribution >= 4 is 0 Å². The first-order valence-electron chi connectivity index (χ1n) is 8.19. The highest BCUT2D eigenvalue weighted by Gasteiger charge is 2.07. The van der Waals surface area contributed by atoms with Crippen LogP contribution >= 0.6 is 0 Å². The maximum absolute atomic E-state index is 5.91. The molecule has 2 aromatic rings. The van der Waals surface area contributed by atoms with E-state index in [1.807, 2.05) is 30.3 Å². The summed E-state index contributed by atoms with van der Waals surface area (Å²) in [5, 5.41) is 0. The summed E-state index contributed by atoms with van der Waals surface area (Å²) < 4.78 is 16.6. The van der Waals surface area contributed by atoms with Gasteiger partial charge >= 0.3 is 0 Å². The van der Waals surface area contributed by atoms with Crippen molar-refractivity contribution < 1.29 is 14.2 Å². The monoisotopic (exact) mass is 329 g/mol. The lowest BCUT2D eigenvalue weighted by molar-refractivity contribution is 0.284. The van der Waals surface area contributed by atoms with Crippen LogP contribution in [0.3, 0.4) is 0 Å². The highest BCUT2D eigenvalue weighted by atomic mass is 16.5. The van der Waals surface area contributed by atoms with Crippen LogP contribution in [-0.2, 0) is 13.0 Å². The minimum absolute atomic E-state index is 0.500. The largest absolute Gasteiger partial charge is 0.497 e. The second kappa shape index (κ2) is 9.18. The van der Waals surface area contributed by atoms with Crippen LogP contribution in [0.5, 0.6) is 17.2 Å². The predicted molar refractivity (Wildman–Crippen MR) is 97.2 cm³/mol. The van der Waals surface area contributed by atoms with Crippen LogP contribution in [0.4, 0.5) is 0 Å². The van der Waals surface area contributed by atoms with Gasteiger partial charge in [-0.05, 0) is 68.9 Å². The number of nitrogens with zero attached hydrogens (tertiary/aromatic N) is 1. The molecule has 0 aliphatic rings. The number of methoxy groups -OCH3 is 2. The Hall–Kier alpha value is -2.20. The number of benzene rings is 2. The average molecular weight is 329 g/mol. The summed E-state index contributed by atoms with van der Waals surface area (Å²) in [4.78, 5) is 2.20. The second-order valence-corrected chi connectivity index (χ2v) is 6.03. The van der Waals surface area contributed by atoms with Gasteiger partial charge in [0.2, 0.25) is 0 Å². The van der Waals surface area contributed by atoms with Crippen LogP contribution in [0.2, 0.25) is 0 Å². The van der Waals surface area contributed by atoms with Gasteiger partial charge in [0.05, 0.1) is 14.2 Å². The zero-order valence-corrected chi connectivity index (χ0v) is 15.0. The number of ether oxygens (including phenoxy) is 3. The van der Waals surface area contributed by atoms with Crippen molar-refractivity contribution in [3.05, 3.63) is 53.6 Å². The maximum Gasteiger partial charge on any atom is 0.161 e. The molecule has 0 aliphatic carbocycles. The zero-order chi connectivity index (χ0) is 17.4. The second-order valence-electron chi connectivity index (χ2n) is 6.03. The maximum atomic E-state index is 5.91. The molecule has 0 bridgehead atoms. The highest BCUT2D eigenvalue weighted by Crippen LogP contribution is 2.29. The van der Waals surface area contributed by atoms with Gasteiger partial charge in [-0.3, -0.25) is 0 Å². The summed E-state index contributed by atoms with van der Waals surface area (Å²) in [5.41, 5.74) is 2.36. The van der Waals surface area contributed by atoms with Crippen LogP contribution in [-0.4, -0.2) is 39.8 Å². The van der Waals surface area contributed by atoms with Gasteiger partial charge in [0.1, 0.15) is 12.4 Å². The Kier molecular flexibility index (Phi) is 6.94. The van der Waals surface area contributed by atoms with Gasteiger partial charge in [-0.15, -0.1) is 0 Å². The lowest BCUT2D eigenvalue weighted by Crippen LogP contribution is -2.13. The van der Waals surface area contributed by atoms with E-state index >= 15 is 0 Å². The fourth-order valence-corrected chi connectivity index (χ4v) is 2.47. The summed E-state index contributed by atoms with van der Waals surface area (Å²) in [6.07, 6.45) is 2.16. The molecule has 4 nitrogen and oxygen atoms in total. The normalized spacial score (nSPS) is 10.7. The van der Waals surface area contributed by atoms with Crippen molar-refractivity contribution in [2.75, 3.05) is 34.9 Å². The summed E-state index contributed by atoms with van der Waals surface area (Å²) in [6.45, 7) is 1.58. The molecule has 0 fully saturated rings. The van der Waals surface area contributed by atoms with E-state index in [2.05, 4.69) is 31.1 Å². The first-order valence-corrected chi connectivity index (χ1v) is 8.19. The van der Waals surface area contributed by atoms with E-state index in [0.717, 1.165) is 42.2 Å². The molecule has 4 heteroatoms. The van der Waals surface area contributed by atoms with E-state index in [0.29, 0.717) is 6.61 Å². The molecule has 0 aliphatic heterocycles. The van der Waals surface area contributed by atoms with E-state index < -0.39 is 0 Å². The minimum Gasteiger partial charge on any atom is -0.497 e. The van der Waals surface area contributed by atoms with Gasteiger partial charge in [-0.25, -0.2) is 0 Å². The van der Waals surface area contributed by atoms with Crippen molar-refractivity contribution in [2.24, 2.45) is 0 Å². The Labute approximate surface area is 145 Å². The standard InChI is InChI=1S/C20H27NO3/c1-21(2)13-5-6-16-9-12-19(20(14-16)23-4)24-15-17-7-10-18(22-3)11-8-17/h7-12,14H,5-6,13,15H2,1-4H3. The lowest BCUT2D eigenvalue weighted by Gasteiger charge is -2.13. The highest BCUT2D eigenvalue weighted by molar-refractivity contribution is 5.43. The fourth-order valence-electron chi connectivity index (χ4n) is 2.47. The smallest absolute Gasteiger partial charge is 0.161 e. The van der Waals surface area contributed by atoms with Gasteiger partial charge < -0.3 is 19.1 Å². The minimum atomic E-state index is 0.500. The van der Waals surface area contributed by atoms with Gasteiger partial charge in [0.25, 0.3) is 0 Å². The SMILES string of the molecule is COc1ccc(COc2ccc(CCCN(C)C)cc2OC)cc1. The summed E-state index contributed by atoms with van der Waals surface area (Å²) in [7, 11) is 7.53. The molecule has 0 spiro atoms. The van der Waals surface area contributed by atoms with E-state index in [-0.39, 0.29) is 0 Å². The predicted octanol–water partition coefficient (Wildman–Crippen LogP) is 3.78. The fraction of sp³-hybridized carbons (Fsp3) is 0.400. The molecule has 24 heavy (non-hydrogen) atoms. The Bertz CT molecular complexity index is 623. The summed E-state index contributed by atoms with van der Waals surface area (Å²) >= 11 is 0. The molecule has 130 valence electrons. The van der Waals surface area contributed by atoms with Crippen LogP contribution in [0.15, 0.2) is 42.5 Å². The molecule has 0 N–H and O–H groups in total. The number of hydrogen-bond acceptors (Lipinski definition) is 4. The topological polar surface area (TPSA) is 30.9 Å². The van der Waals surface area contributed by atoms with Crippen LogP contribution in [0.1, 0.15) is 17.5 Å². The zero-order valence-electron chi connectivity index (χ0n) is 15.0. The molecular weight excluding hydrogens is 302 g/mol. The number of aryl methyl sites for hydroxylation is 1. The quantitative estimate of drug-likeness (QED) is 0.700.